The zero-order chi connectivity index (χ0) is 40.8. The van der Waals surface area contributed by atoms with Crippen molar-refractivity contribution in [2.24, 2.45) is 0 Å². The summed E-state index contributed by atoms with van der Waals surface area (Å²) in [5.41, 5.74) is 15.6. The molecule has 10 aromatic carbocycles. The first-order valence-corrected chi connectivity index (χ1v) is 21.3. The number of ether oxygens (including phenoxy) is 1. The number of hydrogen-bond donors (Lipinski definition) is 0. The summed E-state index contributed by atoms with van der Waals surface area (Å²) in [6, 6.07) is 84.0. The summed E-state index contributed by atoms with van der Waals surface area (Å²) in [5, 5.41) is 4.82. The zero-order valence-corrected chi connectivity index (χ0v) is 33.7. The zero-order valence-electron chi connectivity index (χ0n) is 33.7. The fourth-order valence-electron chi connectivity index (χ4n) is 10.7. The standard InChI is InChI=1S/C59H38N2O/c1-3-17-39(18-4-1)41-33-36-51-57(37-41)62-56-32-14-12-28-50(56)59(51)49-27-11-9-24-45(49)48-26-16-31-54(58(48)59)61(52-30-15-20-40-19-7-8-23-44(40)52)43-34-35-47-46-25-10-13-29-53(46)60(55(47)38-43)42-21-5-2-6-22-42/h1-38H. The van der Waals surface area contributed by atoms with Gasteiger partial charge in [0.15, 0.2) is 0 Å². The fraction of sp³-hybridized carbons (Fsp3) is 0.0169. The highest BCUT2D eigenvalue weighted by Gasteiger charge is 2.53. The topological polar surface area (TPSA) is 17.4 Å². The molecule has 62 heavy (non-hydrogen) atoms. The minimum atomic E-state index is -0.701. The van der Waals surface area contributed by atoms with E-state index in [1.54, 1.807) is 0 Å². The number of aromatic nitrogens is 1. The maximum Gasteiger partial charge on any atom is 0.132 e. The molecule has 1 aromatic heterocycles. The largest absolute Gasteiger partial charge is 0.457 e. The molecule has 0 fully saturated rings. The first-order chi connectivity index (χ1) is 30.8. The summed E-state index contributed by atoms with van der Waals surface area (Å²) < 4.78 is 9.41. The number of anilines is 3. The summed E-state index contributed by atoms with van der Waals surface area (Å²) in [7, 11) is 0. The maximum atomic E-state index is 7.00. The predicted octanol–water partition coefficient (Wildman–Crippen LogP) is 15.5. The van der Waals surface area contributed by atoms with Crippen molar-refractivity contribution in [3.05, 3.63) is 253 Å². The smallest absolute Gasteiger partial charge is 0.132 e. The summed E-state index contributed by atoms with van der Waals surface area (Å²) in [5.74, 6) is 1.74. The van der Waals surface area contributed by atoms with Gasteiger partial charge < -0.3 is 14.2 Å². The lowest BCUT2D eigenvalue weighted by Gasteiger charge is -2.41. The Balaban J connectivity index is 1.15. The molecule has 3 heteroatoms. The van der Waals surface area contributed by atoms with Gasteiger partial charge in [0.1, 0.15) is 11.5 Å². The molecule has 0 saturated heterocycles. The maximum absolute atomic E-state index is 7.00. The molecule has 11 aromatic rings. The van der Waals surface area contributed by atoms with Crippen LogP contribution in [0.2, 0.25) is 0 Å². The van der Waals surface area contributed by atoms with Crippen LogP contribution < -0.4 is 9.64 Å². The minimum Gasteiger partial charge on any atom is -0.457 e. The Morgan fingerprint density at radius 3 is 1.92 bits per heavy atom. The lowest BCUT2D eigenvalue weighted by Crippen LogP contribution is -2.33. The van der Waals surface area contributed by atoms with Crippen molar-refractivity contribution in [2.45, 2.75) is 5.41 Å². The van der Waals surface area contributed by atoms with Crippen molar-refractivity contribution in [3.63, 3.8) is 0 Å². The molecule has 290 valence electrons. The van der Waals surface area contributed by atoms with Crippen LogP contribution in [0, 0.1) is 0 Å². The third kappa shape index (κ3) is 4.88. The molecule has 0 bridgehead atoms. The van der Waals surface area contributed by atoms with E-state index in [1.165, 1.54) is 49.3 Å². The highest BCUT2D eigenvalue weighted by atomic mass is 16.5. The number of nitrogens with zero attached hydrogens (tertiary/aromatic N) is 2. The molecule has 0 N–H and O–H groups in total. The molecule has 13 rings (SSSR count). The van der Waals surface area contributed by atoms with Gasteiger partial charge in [0, 0.05) is 44.2 Å². The number of hydrogen-bond acceptors (Lipinski definition) is 2. The summed E-state index contributed by atoms with van der Waals surface area (Å²) >= 11 is 0. The molecule has 2 aliphatic rings. The molecular formula is C59H38N2O. The van der Waals surface area contributed by atoms with Crippen LogP contribution in [-0.4, -0.2) is 4.57 Å². The molecule has 1 atom stereocenters. The SMILES string of the molecule is c1ccc(-c2ccc3c(c2)Oc2ccccc2C32c3ccccc3-c3cccc(N(c4ccc5c6ccccc6n(-c6ccccc6)c5c4)c4cccc5ccccc45)c32)cc1. The van der Waals surface area contributed by atoms with E-state index in [1.807, 2.05) is 0 Å². The van der Waals surface area contributed by atoms with E-state index in [9.17, 15) is 0 Å². The first-order valence-electron chi connectivity index (χ1n) is 21.3. The van der Waals surface area contributed by atoms with Crippen LogP contribution >= 0.6 is 0 Å². The van der Waals surface area contributed by atoms with Gasteiger partial charge >= 0.3 is 0 Å². The lowest BCUT2D eigenvalue weighted by molar-refractivity contribution is 0.436. The van der Waals surface area contributed by atoms with Crippen LogP contribution in [0.15, 0.2) is 231 Å². The Morgan fingerprint density at radius 2 is 1.03 bits per heavy atom. The second kappa shape index (κ2) is 13.4. The van der Waals surface area contributed by atoms with Gasteiger partial charge in [0.05, 0.1) is 27.8 Å². The molecular weight excluding hydrogens is 753 g/mol. The average molecular weight is 791 g/mol. The third-order valence-electron chi connectivity index (χ3n) is 13.2. The monoisotopic (exact) mass is 790 g/mol. The third-order valence-corrected chi connectivity index (χ3v) is 13.2. The van der Waals surface area contributed by atoms with Crippen molar-refractivity contribution >= 4 is 49.6 Å². The van der Waals surface area contributed by atoms with E-state index in [0.717, 1.165) is 62.0 Å². The Kier molecular flexibility index (Phi) is 7.52. The van der Waals surface area contributed by atoms with Crippen LogP contribution in [0.4, 0.5) is 17.1 Å². The Hall–Kier alpha value is -8.14. The van der Waals surface area contributed by atoms with Gasteiger partial charge in [-0.25, -0.2) is 0 Å². The summed E-state index contributed by atoms with van der Waals surface area (Å²) in [6.07, 6.45) is 0. The van der Waals surface area contributed by atoms with Crippen LogP contribution in [0.3, 0.4) is 0 Å². The average Bonchev–Trinajstić information content (AvgIpc) is 3.83. The fourth-order valence-corrected chi connectivity index (χ4v) is 10.7. The number of para-hydroxylation sites is 3. The van der Waals surface area contributed by atoms with Crippen molar-refractivity contribution < 1.29 is 4.74 Å². The molecule has 1 aliphatic heterocycles. The number of rotatable bonds is 5. The van der Waals surface area contributed by atoms with E-state index in [2.05, 4.69) is 240 Å². The van der Waals surface area contributed by atoms with Crippen LogP contribution in [0.1, 0.15) is 22.3 Å². The van der Waals surface area contributed by atoms with E-state index in [-0.39, 0.29) is 0 Å². The minimum absolute atomic E-state index is 0.701. The van der Waals surface area contributed by atoms with Gasteiger partial charge in [-0.15, -0.1) is 0 Å². The molecule has 1 unspecified atom stereocenters. The van der Waals surface area contributed by atoms with Crippen molar-refractivity contribution in [2.75, 3.05) is 4.90 Å². The molecule has 2 heterocycles. The van der Waals surface area contributed by atoms with Gasteiger partial charge in [-0.3, -0.25) is 0 Å². The number of benzene rings is 10. The van der Waals surface area contributed by atoms with Gasteiger partial charge in [0.25, 0.3) is 0 Å². The summed E-state index contributed by atoms with van der Waals surface area (Å²) in [6.45, 7) is 0. The predicted molar refractivity (Wildman–Crippen MR) is 256 cm³/mol. The second-order valence-corrected chi connectivity index (χ2v) is 16.4. The summed E-state index contributed by atoms with van der Waals surface area (Å²) in [4.78, 5) is 2.53. The van der Waals surface area contributed by atoms with Gasteiger partial charge in [-0.2, -0.15) is 0 Å². The van der Waals surface area contributed by atoms with Crippen LogP contribution in [0.5, 0.6) is 11.5 Å². The van der Waals surface area contributed by atoms with Gasteiger partial charge in [-0.05, 0) is 87.8 Å². The highest BCUT2D eigenvalue weighted by Crippen LogP contribution is 2.65. The molecule has 0 radical (unpaired) electrons. The Bertz CT molecular complexity index is 3560. The van der Waals surface area contributed by atoms with E-state index < -0.39 is 5.41 Å². The van der Waals surface area contributed by atoms with E-state index in [4.69, 9.17) is 4.74 Å². The molecule has 1 aliphatic carbocycles. The highest BCUT2D eigenvalue weighted by molar-refractivity contribution is 6.11. The lowest BCUT2D eigenvalue weighted by atomic mass is 9.65. The van der Waals surface area contributed by atoms with Gasteiger partial charge in [0.2, 0.25) is 0 Å². The van der Waals surface area contributed by atoms with Crippen molar-refractivity contribution in [3.8, 4) is 39.4 Å². The second-order valence-electron chi connectivity index (χ2n) is 16.4. The first kappa shape index (κ1) is 34.7. The van der Waals surface area contributed by atoms with Crippen LogP contribution in [-0.2, 0) is 5.41 Å². The quantitative estimate of drug-likeness (QED) is 0.173. The Morgan fingerprint density at radius 1 is 0.387 bits per heavy atom. The molecule has 0 amide bonds. The van der Waals surface area contributed by atoms with Crippen molar-refractivity contribution in [1.29, 1.82) is 0 Å². The van der Waals surface area contributed by atoms with E-state index >= 15 is 0 Å². The van der Waals surface area contributed by atoms with E-state index in [0.29, 0.717) is 0 Å². The van der Waals surface area contributed by atoms with Crippen LogP contribution in [0.25, 0.3) is 60.5 Å². The normalized spacial score (nSPS) is 14.6. The molecule has 0 saturated carbocycles. The van der Waals surface area contributed by atoms with Gasteiger partial charge in [-0.1, -0.05) is 176 Å². The molecule has 1 spiro atoms. The number of fused-ring (bicyclic) bond motifs is 13. The molecule has 3 nitrogen and oxygen atoms in total. The van der Waals surface area contributed by atoms with Crippen molar-refractivity contribution in [1.82, 2.24) is 4.57 Å². The Labute approximate surface area is 360 Å².